The maximum Gasteiger partial charge on any atom is 0.0499 e. The second-order valence-corrected chi connectivity index (χ2v) is 4.75. The summed E-state index contributed by atoms with van der Waals surface area (Å²) >= 11 is 0. The Morgan fingerprint density at radius 2 is 1.92 bits per heavy atom. The van der Waals surface area contributed by atoms with E-state index in [4.69, 9.17) is 4.74 Å². The predicted molar refractivity (Wildman–Crippen MR) is 53.4 cm³/mol. The van der Waals surface area contributed by atoms with E-state index in [0.29, 0.717) is 11.3 Å². The standard InChI is InChI=1S/C10H23NO/c1-9(7-12-5)6-11-8-10(2,3)4/h9,11H,6-8H2,1-5H3. The molecule has 1 unspecified atom stereocenters. The van der Waals surface area contributed by atoms with Crippen LogP contribution in [0.5, 0.6) is 0 Å². The highest BCUT2D eigenvalue weighted by molar-refractivity contribution is 4.66. The third kappa shape index (κ3) is 8.02. The summed E-state index contributed by atoms with van der Waals surface area (Å²) in [4.78, 5) is 0. The monoisotopic (exact) mass is 173 g/mol. The van der Waals surface area contributed by atoms with Crippen LogP contribution in [0.1, 0.15) is 27.7 Å². The summed E-state index contributed by atoms with van der Waals surface area (Å²) < 4.78 is 5.05. The molecule has 74 valence electrons. The highest BCUT2D eigenvalue weighted by Gasteiger charge is 2.09. The normalized spacial score (nSPS) is 14.8. The summed E-state index contributed by atoms with van der Waals surface area (Å²) in [7, 11) is 1.75. The van der Waals surface area contributed by atoms with Crippen LogP contribution in [0, 0.1) is 11.3 Å². The summed E-state index contributed by atoms with van der Waals surface area (Å²) in [5.74, 6) is 0.609. The molecule has 0 aliphatic heterocycles. The lowest BCUT2D eigenvalue weighted by Crippen LogP contribution is -2.31. The molecule has 0 fully saturated rings. The van der Waals surface area contributed by atoms with Crippen molar-refractivity contribution in [1.29, 1.82) is 0 Å². The lowest BCUT2D eigenvalue weighted by atomic mass is 9.97. The summed E-state index contributed by atoms with van der Waals surface area (Å²) in [5.41, 5.74) is 0.382. The van der Waals surface area contributed by atoms with Gasteiger partial charge in [-0.1, -0.05) is 27.7 Å². The Kier molecular flexibility index (Phi) is 5.51. The van der Waals surface area contributed by atoms with E-state index >= 15 is 0 Å². The first-order chi connectivity index (χ1) is 5.45. The van der Waals surface area contributed by atoms with Crippen molar-refractivity contribution >= 4 is 0 Å². The fraction of sp³-hybridized carbons (Fsp3) is 1.00. The third-order valence-corrected chi connectivity index (χ3v) is 1.60. The fourth-order valence-electron chi connectivity index (χ4n) is 1.04. The van der Waals surface area contributed by atoms with Crippen molar-refractivity contribution < 1.29 is 4.74 Å². The number of methoxy groups -OCH3 is 1. The molecule has 0 saturated heterocycles. The first-order valence-corrected chi connectivity index (χ1v) is 4.65. The number of hydrogen-bond donors (Lipinski definition) is 1. The maximum atomic E-state index is 5.05. The fourth-order valence-corrected chi connectivity index (χ4v) is 1.04. The second-order valence-electron chi connectivity index (χ2n) is 4.75. The van der Waals surface area contributed by atoms with Gasteiger partial charge in [0.2, 0.25) is 0 Å². The molecule has 12 heavy (non-hydrogen) atoms. The van der Waals surface area contributed by atoms with Gasteiger partial charge in [-0.15, -0.1) is 0 Å². The van der Waals surface area contributed by atoms with Gasteiger partial charge in [0.25, 0.3) is 0 Å². The van der Waals surface area contributed by atoms with Crippen LogP contribution in [0.4, 0.5) is 0 Å². The van der Waals surface area contributed by atoms with E-state index in [-0.39, 0.29) is 0 Å². The summed E-state index contributed by atoms with van der Waals surface area (Å²) in [6, 6.07) is 0. The molecule has 0 heterocycles. The van der Waals surface area contributed by atoms with Gasteiger partial charge in [-0.05, 0) is 17.9 Å². The van der Waals surface area contributed by atoms with Crippen molar-refractivity contribution in [3.05, 3.63) is 0 Å². The van der Waals surface area contributed by atoms with E-state index in [2.05, 4.69) is 33.0 Å². The molecule has 0 aromatic carbocycles. The van der Waals surface area contributed by atoms with E-state index in [1.165, 1.54) is 0 Å². The van der Waals surface area contributed by atoms with Crippen molar-refractivity contribution in [3.8, 4) is 0 Å². The lowest BCUT2D eigenvalue weighted by molar-refractivity contribution is 0.157. The molecular weight excluding hydrogens is 150 g/mol. The van der Waals surface area contributed by atoms with Crippen LogP contribution >= 0.6 is 0 Å². The molecule has 0 amide bonds. The van der Waals surface area contributed by atoms with Gasteiger partial charge in [0.1, 0.15) is 0 Å². The van der Waals surface area contributed by atoms with Gasteiger partial charge in [-0.2, -0.15) is 0 Å². The molecule has 2 heteroatoms. The first kappa shape index (κ1) is 11.9. The zero-order chi connectivity index (χ0) is 9.61. The van der Waals surface area contributed by atoms with Crippen LogP contribution in [0.3, 0.4) is 0 Å². The van der Waals surface area contributed by atoms with Gasteiger partial charge >= 0.3 is 0 Å². The Morgan fingerprint density at radius 1 is 1.33 bits per heavy atom. The van der Waals surface area contributed by atoms with Crippen LogP contribution in [-0.2, 0) is 4.74 Å². The van der Waals surface area contributed by atoms with E-state index in [1.807, 2.05) is 0 Å². The summed E-state index contributed by atoms with van der Waals surface area (Å²) in [6.07, 6.45) is 0. The van der Waals surface area contributed by atoms with Crippen LogP contribution < -0.4 is 5.32 Å². The van der Waals surface area contributed by atoms with Crippen molar-refractivity contribution in [3.63, 3.8) is 0 Å². The topological polar surface area (TPSA) is 21.3 Å². The van der Waals surface area contributed by atoms with Crippen molar-refractivity contribution in [2.24, 2.45) is 11.3 Å². The molecule has 0 bridgehead atoms. The zero-order valence-corrected chi connectivity index (χ0v) is 9.11. The van der Waals surface area contributed by atoms with Crippen molar-refractivity contribution in [2.75, 3.05) is 26.8 Å². The quantitative estimate of drug-likeness (QED) is 0.685. The van der Waals surface area contributed by atoms with Crippen LogP contribution in [0.2, 0.25) is 0 Å². The average Bonchev–Trinajstić information content (AvgIpc) is 1.84. The van der Waals surface area contributed by atoms with Gasteiger partial charge in [0, 0.05) is 20.3 Å². The molecule has 1 atom stereocenters. The minimum absolute atomic E-state index is 0.382. The highest BCUT2D eigenvalue weighted by atomic mass is 16.5. The molecule has 0 aliphatic rings. The number of ether oxygens (including phenoxy) is 1. The molecule has 0 radical (unpaired) electrons. The Balaban J connectivity index is 3.31. The maximum absolute atomic E-state index is 5.05. The average molecular weight is 173 g/mol. The Bertz CT molecular complexity index is 107. The number of hydrogen-bond acceptors (Lipinski definition) is 2. The molecule has 0 aromatic heterocycles. The first-order valence-electron chi connectivity index (χ1n) is 4.65. The molecule has 0 saturated carbocycles. The minimum atomic E-state index is 0.382. The smallest absolute Gasteiger partial charge is 0.0499 e. The van der Waals surface area contributed by atoms with Gasteiger partial charge < -0.3 is 10.1 Å². The molecule has 1 N–H and O–H groups in total. The largest absolute Gasteiger partial charge is 0.384 e. The van der Waals surface area contributed by atoms with Crippen molar-refractivity contribution in [1.82, 2.24) is 5.32 Å². The molecule has 2 nitrogen and oxygen atoms in total. The minimum Gasteiger partial charge on any atom is -0.384 e. The van der Waals surface area contributed by atoms with Gasteiger partial charge in [0.15, 0.2) is 0 Å². The molecule has 0 aliphatic carbocycles. The zero-order valence-electron chi connectivity index (χ0n) is 9.11. The van der Waals surface area contributed by atoms with Gasteiger partial charge in [-0.3, -0.25) is 0 Å². The van der Waals surface area contributed by atoms with E-state index in [1.54, 1.807) is 7.11 Å². The van der Waals surface area contributed by atoms with E-state index in [9.17, 15) is 0 Å². The molecular formula is C10H23NO. The van der Waals surface area contributed by atoms with Crippen LogP contribution in [0.15, 0.2) is 0 Å². The molecule has 0 rings (SSSR count). The Labute approximate surface area is 76.7 Å². The predicted octanol–water partition coefficient (Wildman–Crippen LogP) is 1.90. The van der Waals surface area contributed by atoms with Crippen LogP contribution in [0.25, 0.3) is 0 Å². The number of nitrogens with one attached hydrogen (secondary N) is 1. The second kappa shape index (κ2) is 5.55. The molecule has 0 spiro atoms. The molecule has 0 aromatic rings. The number of rotatable bonds is 5. The Hall–Kier alpha value is -0.0800. The van der Waals surface area contributed by atoms with Gasteiger partial charge in [0.05, 0.1) is 0 Å². The lowest BCUT2D eigenvalue weighted by Gasteiger charge is -2.20. The van der Waals surface area contributed by atoms with E-state index in [0.717, 1.165) is 19.7 Å². The highest BCUT2D eigenvalue weighted by Crippen LogP contribution is 2.10. The Morgan fingerprint density at radius 3 is 2.33 bits per heavy atom. The SMILES string of the molecule is COCC(C)CNCC(C)(C)C. The third-order valence-electron chi connectivity index (χ3n) is 1.60. The van der Waals surface area contributed by atoms with Crippen LogP contribution in [-0.4, -0.2) is 26.8 Å². The van der Waals surface area contributed by atoms with E-state index < -0.39 is 0 Å². The summed E-state index contributed by atoms with van der Waals surface area (Å²) in [6.45, 7) is 11.9. The van der Waals surface area contributed by atoms with Gasteiger partial charge in [-0.25, -0.2) is 0 Å². The summed E-state index contributed by atoms with van der Waals surface area (Å²) in [5, 5.41) is 3.43. The van der Waals surface area contributed by atoms with Crippen molar-refractivity contribution in [2.45, 2.75) is 27.7 Å².